The number of likely N-dealkylation sites (N-methyl/N-ethyl adjacent to an activating group) is 2. The van der Waals surface area contributed by atoms with Gasteiger partial charge in [0.25, 0.3) is 0 Å². The van der Waals surface area contributed by atoms with Gasteiger partial charge >= 0.3 is 0 Å². The first-order chi connectivity index (χ1) is 8.58. The summed E-state index contributed by atoms with van der Waals surface area (Å²) in [6.07, 6.45) is 3.24. The van der Waals surface area contributed by atoms with E-state index in [4.69, 9.17) is 9.15 Å². The van der Waals surface area contributed by atoms with Gasteiger partial charge in [-0.05, 0) is 27.4 Å². The molecule has 5 heteroatoms. The van der Waals surface area contributed by atoms with Gasteiger partial charge in [0, 0.05) is 26.2 Å². The topological polar surface area (TPSA) is 41.7 Å². The molecule has 0 radical (unpaired) electrons. The van der Waals surface area contributed by atoms with Crippen LogP contribution in [0.4, 0.5) is 0 Å². The minimum absolute atomic E-state index is 0.373. The van der Waals surface area contributed by atoms with Gasteiger partial charge in [-0.15, -0.1) is 0 Å². The Hall–Kier alpha value is -0.910. The van der Waals surface area contributed by atoms with E-state index in [0.717, 1.165) is 37.7 Å². The fourth-order valence-corrected chi connectivity index (χ4v) is 2.54. The SMILES string of the molecule is CO[C@H]1C[C@@H](CN(C)Cc2ncc(C)o2)N(C)C1. The number of likely N-dealkylation sites (tertiary alicyclic amines) is 1. The Balaban J connectivity index is 1.82. The zero-order valence-corrected chi connectivity index (χ0v) is 11.7. The van der Waals surface area contributed by atoms with Crippen LogP contribution in [0.2, 0.25) is 0 Å². The van der Waals surface area contributed by atoms with Crippen LogP contribution in [0.15, 0.2) is 10.6 Å². The Morgan fingerprint density at radius 2 is 2.39 bits per heavy atom. The first-order valence-electron chi connectivity index (χ1n) is 6.41. The van der Waals surface area contributed by atoms with E-state index < -0.39 is 0 Å². The molecular formula is C13H23N3O2. The summed E-state index contributed by atoms with van der Waals surface area (Å²) >= 11 is 0. The maximum atomic E-state index is 5.50. The quantitative estimate of drug-likeness (QED) is 0.787. The smallest absolute Gasteiger partial charge is 0.208 e. The van der Waals surface area contributed by atoms with Crippen molar-refractivity contribution in [3.8, 4) is 0 Å². The summed E-state index contributed by atoms with van der Waals surface area (Å²) in [6, 6.07) is 0.552. The molecule has 2 heterocycles. The predicted octanol–water partition coefficient (Wildman–Crippen LogP) is 1.13. The Labute approximate surface area is 109 Å². The highest BCUT2D eigenvalue weighted by Gasteiger charge is 2.30. The molecular weight excluding hydrogens is 230 g/mol. The van der Waals surface area contributed by atoms with Crippen molar-refractivity contribution in [2.24, 2.45) is 0 Å². The molecule has 5 nitrogen and oxygen atoms in total. The number of oxazole rings is 1. The van der Waals surface area contributed by atoms with Gasteiger partial charge in [-0.1, -0.05) is 0 Å². The van der Waals surface area contributed by atoms with Crippen molar-refractivity contribution in [3.05, 3.63) is 17.8 Å². The predicted molar refractivity (Wildman–Crippen MR) is 69.4 cm³/mol. The number of methoxy groups -OCH3 is 1. The van der Waals surface area contributed by atoms with Gasteiger partial charge in [0.1, 0.15) is 5.76 Å². The van der Waals surface area contributed by atoms with E-state index in [1.54, 1.807) is 13.3 Å². The average molecular weight is 253 g/mol. The van der Waals surface area contributed by atoms with Gasteiger partial charge in [-0.25, -0.2) is 4.98 Å². The van der Waals surface area contributed by atoms with Crippen molar-refractivity contribution in [2.45, 2.75) is 32.0 Å². The highest BCUT2D eigenvalue weighted by molar-refractivity contribution is 4.91. The molecule has 0 unspecified atom stereocenters. The van der Waals surface area contributed by atoms with Crippen molar-refractivity contribution in [2.75, 3.05) is 34.3 Å². The maximum absolute atomic E-state index is 5.50. The first-order valence-corrected chi connectivity index (χ1v) is 6.41. The summed E-state index contributed by atoms with van der Waals surface area (Å²) in [5.41, 5.74) is 0. The molecule has 1 fully saturated rings. The third-order valence-electron chi connectivity index (χ3n) is 3.58. The van der Waals surface area contributed by atoms with E-state index in [1.807, 2.05) is 6.92 Å². The van der Waals surface area contributed by atoms with Gasteiger partial charge in [-0.3, -0.25) is 9.80 Å². The van der Waals surface area contributed by atoms with Crippen molar-refractivity contribution in [1.29, 1.82) is 0 Å². The van der Waals surface area contributed by atoms with Gasteiger partial charge in [0.15, 0.2) is 0 Å². The molecule has 1 saturated heterocycles. The second-order valence-corrected chi connectivity index (χ2v) is 5.25. The zero-order valence-electron chi connectivity index (χ0n) is 11.7. The number of hydrogen-bond acceptors (Lipinski definition) is 5. The lowest BCUT2D eigenvalue weighted by Crippen LogP contribution is -2.36. The van der Waals surface area contributed by atoms with E-state index in [0.29, 0.717) is 12.1 Å². The molecule has 1 aliphatic rings. The lowest BCUT2D eigenvalue weighted by atomic mass is 10.2. The first kappa shape index (κ1) is 13.5. The van der Waals surface area contributed by atoms with Gasteiger partial charge in [-0.2, -0.15) is 0 Å². The third-order valence-corrected chi connectivity index (χ3v) is 3.58. The molecule has 0 saturated carbocycles. The number of aryl methyl sites for hydroxylation is 1. The van der Waals surface area contributed by atoms with Crippen LogP contribution in [-0.4, -0.2) is 61.2 Å². The minimum Gasteiger partial charge on any atom is -0.445 e. The summed E-state index contributed by atoms with van der Waals surface area (Å²) in [7, 11) is 6.06. The van der Waals surface area contributed by atoms with Crippen LogP contribution in [0.3, 0.4) is 0 Å². The second kappa shape index (κ2) is 5.82. The van der Waals surface area contributed by atoms with E-state index in [2.05, 4.69) is 28.9 Å². The molecule has 0 amide bonds. The summed E-state index contributed by atoms with van der Waals surface area (Å²) in [6.45, 7) is 4.71. The van der Waals surface area contributed by atoms with Crippen LogP contribution in [0.25, 0.3) is 0 Å². The van der Waals surface area contributed by atoms with E-state index in [-0.39, 0.29) is 0 Å². The normalized spacial score (nSPS) is 25.2. The number of ether oxygens (including phenoxy) is 1. The summed E-state index contributed by atoms with van der Waals surface area (Å²) in [4.78, 5) is 8.85. The number of nitrogens with zero attached hydrogens (tertiary/aromatic N) is 3. The van der Waals surface area contributed by atoms with Crippen LogP contribution >= 0.6 is 0 Å². The van der Waals surface area contributed by atoms with Crippen molar-refractivity contribution < 1.29 is 9.15 Å². The maximum Gasteiger partial charge on any atom is 0.208 e. The van der Waals surface area contributed by atoms with Crippen molar-refractivity contribution in [1.82, 2.24) is 14.8 Å². The molecule has 0 spiro atoms. The fourth-order valence-electron chi connectivity index (χ4n) is 2.54. The van der Waals surface area contributed by atoms with Crippen LogP contribution in [0, 0.1) is 6.92 Å². The largest absolute Gasteiger partial charge is 0.445 e. The molecule has 0 N–H and O–H groups in total. The van der Waals surface area contributed by atoms with Gasteiger partial charge in [0.05, 0.1) is 18.8 Å². The molecule has 2 rings (SSSR count). The van der Waals surface area contributed by atoms with Gasteiger partial charge in [0.2, 0.25) is 5.89 Å². The number of aromatic nitrogens is 1. The lowest BCUT2D eigenvalue weighted by molar-refractivity contribution is 0.111. The molecule has 2 atom stereocenters. The molecule has 1 aromatic heterocycles. The fraction of sp³-hybridized carbons (Fsp3) is 0.769. The van der Waals surface area contributed by atoms with Crippen LogP contribution in [0.1, 0.15) is 18.1 Å². The van der Waals surface area contributed by atoms with E-state index >= 15 is 0 Å². The molecule has 18 heavy (non-hydrogen) atoms. The average Bonchev–Trinajstić information content (AvgIpc) is 2.86. The zero-order chi connectivity index (χ0) is 13.1. The molecule has 1 aromatic rings. The van der Waals surface area contributed by atoms with Crippen LogP contribution < -0.4 is 0 Å². The Kier molecular flexibility index (Phi) is 4.37. The molecule has 0 bridgehead atoms. The van der Waals surface area contributed by atoms with Gasteiger partial charge < -0.3 is 9.15 Å². The highest BCUT2D eigenvalue weighted by Crippen LogP contribution is 2.19. The molecule has 0 aliphatic carbocycles. The minimum atomic E-state index is 0.373. The Bertz CT molecular complexity index is 380. The highest BCUT2D eigenvalue weighted by atomic mass is 16.5. The molecule has 1 aliphatic heterocycles. The van der Waals surface area contributed by atoms with Crippen molar-refractivity contribution in [3.63, 3.8) is 0 Å². The monoisotopic (exact) mass is 253 g/mol. The van der Waals surface area contributed by atoms with E-state index in [1.165, 1.54) is 0 Å². The number of rotatable bonds is 5. The molecule has 0 aromatic carbocycles. The molecule has 102 valence electrons. The summed E-state index contributed by atoms with van der Waals surface area (Å²) in [5, 5.41) is 0. The van der Waals surface area contributed by atoms with Crippen molar-refractivity contribution >= 4 is 0 Å². The summed E-state index contributed by atoms with van der Waals surface area (Å²) < 4.78 is 10.9. The standard InChI is InChI=1S/C13H23N3O2/c1-10-6-14-13(18-10)9-15(2)7-11-5-12(17-4)8-16(11)3/h6,11-12H,5,7-9H2,1-4H3/t11-,12-/m0/s1. The third kappa shape index (κ3) is 3.31. The Morgan fingerprint density at radius 3 is 2.94 bits per heavy atom. The van der Waals surface area contributed by atoms with Crippen LogP contribution in [-0.2, 0) is 11.3 Å². The van der Waals surface area contributed by atoms with Crippen LogP contribution in [0.5, 0.6) is 0 Å². The number of hydrogen-bond donors (Lipinski definition) is 0. The Morgan fingerprint density at radius 1 is 1.61 bits per heavy atom. The summed E-state index contributed by atoms with van der Waals surface area (Å²) in [5.74, 6) is 1.66. The second-order valence-electron chi connectivity index (χ2n) is 5.25. The van der Waals surface area contributed by atoms with E-state index in [9.17, 15) is 0 Å². The lowest BCUT2D eigenvalue weighted by Gasteiger charge is -2.24.